The minimum absolute atomic E-state index is 0.0518. The van der Waals surface area contributed by atoms with Crippen molar-refractivity contribution in [1.82, 2.24) is 0 Å². The molecule has 27 heavy (non-hydrogen) atoms. The highest BCUT2D eigenvalue weighted by Gasteiger charge is 2.18. The Morgan fingerprint density at radius 1 is 0.741 bits per heavy atom. The highest BCUT2D eigenvalue weighted by molar-refractivity contribution is 7.10. The van der Waals surface area contributed by atoms with Gasteiger partial charge in [-0.1, -0.05) is 84.9 Å². The number of nitrogens with one attached hydrogen (secondary N) is 2. The van der Waals surface area contributed by atoms with Crippen molar-refractivity contribution < 1.29 is 0 Å². The second-order valence-corrected chi connectivity index (χ2v) is 7.27. The van der Waals surface area contributed by atoms with Crippen molar-refractivity contribution >= 4 is 22.7 Å². The van der Waals surface area contributed by atoms with Crippen LogP contribution in [0.3, 0.4) is 0 Å². The van der Waals surface area contributed by atoms with Gasteiger partial charge in [-0.15, -0.1) is 11.3 Å². The fourth-order valence-corrected chi connectivity index (χ4v) is 3.97. The van der Waals surface area contributed by atoms with Crippen LogP contribution in [0.1, 0.15) is 27.6 Å². The molecule has 1 aromatic heterocycles. The number of hydrogen-bond acceptors (Lipinski definition) is 3. The smallest absolute Gasteiger partial charge is 0.0860 e. The van der Waals surface area contributed by atoms with E-state index in [0.29, 0.717) is 5.71 Å². The first-order chi connectivity index (χ1) is 13.3. The third-order valence-electron chi connectivity index (χ3n) is 4.52. The van der Waals surface area contributed by atoms with Crippen molar-refractivity contribution in [2.24, 2.45) is 0 Å². The summed E-state index contributed by atoms with van der Waals surface area (Å²) in [5, 5.41) is 14.5. The third-order valence-corrected chi connectivity index (χ3v) is 5.46. The maximum atomic E-state index is 8.70. The van der Waals surface area contributed by atoms with E-state index in [1.165, 1.54) is 10.4 Å². The second kappa shape index (κ2) is 8.02. The number of anilines is 1. The molecule has 0 spiro atoms. The summed E-state index contributed by atoms with van der Waals surface area (Å²) < 4.78 is 0. The van der Waals surface area contributed by atoms with Crippen LogP contribution in [0.5, 0.6) is 0 Å². The Kier molecular flexibility index (Phi) is 5.13. The number of hydrogen-bond donors (Lipinski definition) is 2. The molecule has 0 aliphatic carbocycles. The average Bonchev–Trinajstić information content (AvgIpc) is 3.27. The number of benzene rings is 3. The van der Waals surface area contributed by atoms with Gasteiger partial charge in [-0.25, -0.2) is 0 Å². The summed E-state index contributed by atoms with van der Waals surface area (Å²) in [5.74, 6) is 0. The van der Waals surface area contributed by atoms with Gasteiger partial charge in [0.05, 0.1) is 11.8 Å². The van der Waals surface area contributed by atoms with E-state index in [1.807, 2.05) is 54.6 Å². The van der Waals surface area contributed by atoms with Crippen LogP contribution in [0.25, 0.3) is 0 Å². The zero-order chi connectivity index (χ0) is 18.5. The summed E-state index contributed by atoms with van der Waals surface area (Å²) in [5.41, 5.74) is 4.52. The lowest BCUT2D eigenvalue weighted by molar-refractivity contribution is 0.964. The highest BCUT2D eigenvalue weighted by Crippen LogP contribution is 2.31. The largest absolute Gasteiger partial charge is 0.373 e. The van der Waals surface area contributed by atoms with E-state index in [-0.39, 0.29) is 6.04 Å². The molecule has 0 aliphatic heterocycles. The normalized spacial score (nSPS) is 11.7. The standard InChI is InChI=1S/C24H20N2S/c25-23(18-10-3-1-4-11-18)20-14-7-8-15-21(20)26-24(22-16-9-17-27-22)19-12-5-2-6-13-19/h1-17,24-26H. The molecule has 0 bridgehead atoms. The van der Waals surface area contributed by atoms with Crippen molar-refractivity contribution in [1.29, 1.82) is 5.41 Å². The van der Waals surface area contributed by atoms with Crippen LogP contribution in [-0.4, -0.2) is 5.71 Å². The molecule has 1 unspecified atom stereocenters. The van der Waals surface area contributed by atoms with Gasteiger partial charge in [0.2, 0.25) is 0 Å². The van der Waals surface area contributed by atoms with Crippen LogP contribution in [0.4, 0.5) is 5.69 Å². The van der Waals surface area contributed by atoms with E-state index in [0.717, 1.165) is 16.8 Å². The molecule has 2 N–H and O–H groups in total. The Hall–Kier alpha value is -3.17. The SMILES string of the molecule is N=C(c1ccccc1)c1ccccc1NC(c1ccccc1)c1cccs1. The van der Waals surface area contributed by atoms with Gasteiger partial charge in [0.25, 0.3) is 0 Å². The van der Waals surface area contributed by atoms with Crippen molar-refractivity contribution in [3.05, 3.63) is 124 Å². The molecule has 0 radical (unpaired) electrons. The summed E-state index contributed by atoms with van der Waals surface area (Å²) >= 11 is 1.74. The minimum Gasteiger partial charge on any atom is -0.373 e. The Bertz CT molecular complexity index is 1010. The maximum absolute atomic E-state index is 8.70. The number of thiophene rings is 1. The second-order valence-electron chi connectivity index (χ2n) is 6.29. The molecule has 4 aromatic rings. The van der Waals surface area contributed by atoms with E-state index >= 15 is 0 Å². The van der Waals surface area contributed by atoms with Gasteiger partial charge in [0.15, 0.2) is 0 Å². The van der Waals surface area contributed by atoms with Crippen molar-refractivity contribution in [3.8, 4) is 0 Å². The molecule has 3 aromatic carbocycles. The van der Waals surface area contributed by atoms with E-state index in [1.54, 1.807) is 11.3 Å². The van der Waals surface area contributed by atoms with Gasteiger partial charge >= 0.3 is 0 Å². The third kappa shape index (κ3) is 3.83. The molecule has 2 nitrogen and oxygen atoms in total. The first-order valence-electron chi connectivity index (χ1n) is 8.91. The van der Waals surface area contributed by atoms with Crippen molar-refractivity contribution in [2.75, 3.05) is 5.32 Å². The lowest BCUT2D eigenvalue weighted by Crippen LogP contribution is -2.14. The molecule has 1 atom stereocenters. The molecule has 132 valence electrons. The fourth-order valence-electron chi connectivity index (χ4n) is 3.16. The van der Waals surface area contributed by atoms with Crippen LogP contribution >= 0.6 is 11.3 Å². The maximum Gasteiger partial charge on any atom is 0.0860 e. The van der Waals surface area contributed by atoms with Gasteiger partial charge in [0, 0.05) is 21.7 Å². The van der Waals surface area contributed by atoms with Crippen LogP contribution in [0, 0.1) is 5.41 Å². The van der Waals surface area contributed by atoms with Gasteiger partial charge in [-0.3, -0.25) is 5.41 Å². The van der Waals surface area contributed by atoms with Crippen LogP contribution in [-0.2, 0) is 0 Å². The lowest BCUT2D eigenvalue weighted by atomic mass is 9.99. The summed E-state index contributed by atoms with van der Waals surface area (Å²) in [7, 11) is 0. The van der Waals surface area contributed by atoms with E-state index in [9.17, 15) is 0 Å². The Labute approximate surface area is 163 Å². The van der Waals surface area contributed by atoms with E-state index in [2.05, 4.69) is 53.2 Å². The number of para-hydroxylation sites is 1. The summed E-state index contributed by atoms with van der Waals surface area (Å²) in [6.07, 6.45) is 0. The van der Waals surface area contributed by atoms with Gasteiger partial charge in [0.1, 0.15) is 0 Å². The summed E-state index contributed by atoms with van der Waals surface area (Å²) in [6.45, 7) is 0. The monoisotopic (exact) mass is 368 g/mol. The van der Waals surface area contributed by atoms with Gasteiger partial charge in [-0.2, -0.15) is 0 Å². The number of rotatable bonds is 6. The lowest BCUT2D eigenvalue weighted by Gasteiger charge is -2.22. The van der Waals surface area contributed by atoms with E-state index < -0.39 is 0 Å². The first kappa shape index (κ1) is 17.3. The van der Waals surface area contributed by atoms with Crippen molar-refractivity contribution in [3.63, 3.8) is 0 Å². The summed E-state index contributed by atoms with van der Waals surface area (Å²) in [6, 6.07) is 32.7. The first-order valence-corrected chi connectivity index (χ1v) is 9.79. The predicted molar refractivity (Wildman–Crippen MR) is 115 cm³/mol. The zero-order valence-corrected chi connectivity index (χ0v) is 15.6. The van der Waals surface area contributed by atoms with Gasteiger partial charge in [-0.05, 0) is 23.1 Å². The molecular formula is C24H20N2S. The van der Waals surface area contributed by atoms with Crippen molar-refractivity contribution in [2.45, 2.75) is 6.04 Å². The Balaban J connectivity index is 1.72. The molecule has 0 saturated heterocycles. The van der Waals surface area contributed by atoms with Gasteiger partial charge < -0.3 is 5.32 Å². The predicted octanol–water partition coefficient (Wildman–Crippen LogP) is 6.37. The van der Waals surface area contributed by atoms with Crippen LogP contribution < -0.4 is 5.32 Å². The molecule has 0 fully saturated rings. The van der Waals surface area contributed by atoms with E-state index in [4.69, 9.17) is 5.41 Å². The average molecular weight is 369 g/mol. The van der Waals surface area contributed by atoms with Crippen LogP contribution in [0.2, 0.25) is 0 Å². The topological polar surface area (TPSA) is 35.9 Å². The molecule has 4 rings (SSSR count). The molecule has 0 aliphatic rings. The molecule has 0 saturated carbocycles. The Morgan fingerprint density at radius 2 is 1.41 bits per heavy atom. The fraction of sp³-hybridized carbons (Fsp3) is 0.0417. The minimum atomic E-state index is 0.0518. The molecule has 1 heterocycles. The molecule has 0 amide bonds. The van der Waals surface area contributed by atoms with Crippen LogP contribution in [0.15, 0.2) is 102 Å². The molecular weight excluding hydrogens is 348 g/mol. The summed E-state index contributed by atoms with van der Waals surface area (Å²) in [4.78, 5) is 1.25. The highest BCUT2D eigenvalue weighted by atomic mass is 32.1. The zero-order valence-electron chi connectivity index (χ0n) is 14.8. The quantitative estimate of drug-likeness (QED) is 0.381. The Morgan fingerprint density at radius 3 is 2.11 bits per heavy atom. The molecule has 3 heteroatoms.